The summed E-state index contributed by atoms with van der Waals surface area (Å²) < 4.78 is 0. The van der Waals surface area contributed by atoms with E-state index >= 15 is 0 Å². The first-order valence-corrected chi connectivity index (χ1v) is 8.88. The Balaban J connectivity index is 1.52. The zero-order valence-corrected chi connectivity index (χ0v) is 13.5. The van der Waals surface area contributed by atoms with Crippen LogP contribution in [0.4, 0.5) is 0 Å². The summed E-state index contributed by atoms with van der Waals surface area (Å²) in [6.45, 7) is 7.17. The normalized spacial score (nSPS) is 35.5. The number of likely N-dealkylation sites (tertiary alicyclic amines) is 2. The SMILES string of the molecule is CC1CC(CN)(C(=O)N2CCC(N3CCCCC3)CC2)C1. The van der Waals surface area contributed by atoms with E-state index < -0.39 is 0 Å². The molecule has 3 fully saturated rings. The number of hydrogen-bond donors (Lipinski definition) is 1. The average molecular weight is 293 g/mol. The molecule has 0 radical (unpaired) electrons. The van der Waals surface area contributed by atoms with Crippen molar-refractivity contribution in [1.82, 2.24) is 9.80 Å². The number of carbonyl (C=O) groups excluding carboxylic acids is 1. The van der Waals surface area contributed by atoms with E-state index in [0.717, 1.165) is 38.8 Å². The molecule has 3 rings (SSSR count). The van der Waals surface area contributed by atoms with Gasteiger partial charge in [0.15, 0.2) is 0 Å². The van der Waals surface area contributed by atoms with E-state index in [2.05, 4.69) is 16.7 Å². The van der Waals surface area contributed by atoms with Gasteiger partial charge in [0.25, 0.3) is 0 Å². The Hall–Kier alpha value is -0.610. The second kappa shape index (κ2) is 6.25. The van der Waals surface area contributed by atoms with Crippen molar-refractivity contribution >= 4 is 5.91 Å². The molecule has 21 heavy (non-hydrogen) atoms. The zero-order chi connectivity index (χ0) is 14.9. The van der Waals surface area contributed by atoms with Gasteiger partial charge in [0, 0.05) is 25.7 Å². The van der Waals surface area contributed by atoms with Crippen molar-refractivity contribution in [2.75, 3.05) is 32.7 Å². The molecular weight excluding hydrogens is 262 g/mol. The third kappa shape index (κ3) is 2.98. The molecule has 0 unspecified atom stereocenters. The Morgan fingerprint density at radius 2 is 1.71 bits per heavy atom. The van der Waals surface area contributed by atoms with Crippen LogP contribution in [0.5, 0.6) is 0 Å². The third-order valence-electron chi connectivity index (χ3n) is 5.98. The summed E-state index contributed by atoms with van der Waals surface area (Å²) in [7, 11) is 0. The highest BCUT2D eigenvalue weighted by molar-refractivity contribution is 5.84. The van der Waals surface area contributed by atoms with E-state index in [9.17, 15) is 4.79 Å². The van der Waals surface area contributed by atoms with Gasteiger partial charge in [-0.1, -0.05) is 13.3 Å². The van der Waals surface area contributed by atoms with Crippen molar-refractivity contribution in [3.05, 3.63) is 0 Å². The largest absolute Gasteiger partial charge is 0.342 e. The highest BCUT2D eigenvalue weighted by Gasteiger charge is 2.49. The molecule has 0 aromatic rings. The minimum Gasteiger partial charge on any atom is -0.342 e. The van der Waals surface area contributed by atoms with Gasteiger partial charge in [0.2, 0.25) is 5.91 Å². The third-order valence-corrected chi connectivity index (χ3v) is 5.98. The van der Waals surface area contributed by atoms with Crippen LogP contribution in [0, 0.1) is 11.3 Å². The number of hydrogen-bond acceptors (Lipinski definition) is 3. The van der Waals surface area contributed by atoms with Crippen molar-refractivity contribution in [2.24, 2.45) is 17.1 Å². The van der Waals surface area contributed by atoms with Crippen LogP contribution in [0.25, 0.3) is 0 Å². The first kappa shape index (κ1) is 15.3. The molecule has 0 aromatic heterocycles. The molecule has 1 saturated carbocycles. The molecule has 1 amide bonds. The highest BCUT2D eigenvalue weighted by atomic mass is 16.2. The van der Waals surface area contributed by atoms with E-state index in [4.69, 9.17) is 5.73 Å². The van der Waals surface area contributed by atoms with Crippen LogP contribution >= 0.6 is 0 Å². The summed E-state index contributed by atoms with van der Waals surface area (Å²) in [5.41, 5.74) is 5.72. The molecule has 4 nitrogen and oxygen atoms in total. The van der Waals surface area contributed by atoms with E-state index in [1.165, 1.54) is 32.4 Å². The number of carbonyl (C=O) groups is 1. The maximum atomic E-state index is 12.8. The molecule has 3 aliphatic rings. The molecule has 0 bridgehead atoms. The molecule has 2 aliphatic heterocycles. The summed E-state index contributed by atoms with van der Waals surface area (Å²) in [4.78, 5) is 17.6. The standard InChI is InChI=1S/C17H31N3O/c1-14-11-17(12-14,13-18)16(21)20-9-5-15(6-10-20)19-7-3-2-4-8-19/h14-15H,2-13,18H2,1H3. The quantitative estimate of drug-likeness (QED) is 0.864. The number of nitrogens with zero attached hydrogens (tertiary/aromatic N) is 2. The van der Waals surface area contributed by atoms with Crippen LogP contribution in [-0.4, -0.2) is 54.5 Å². The van der Waals surface area contributed by atoms with Gasteiger partial charge in [-0.25, -0.2) is 0 Å². The van der Waals surface area contributed by atoms with E-state index in [-0.39, 0.29) is 5.41 Å². The first-order chi connectivity index (χ1) is 10.1. The lowest BCUT2D eigenvalue weighted by Gasteiger charge is -2.48. The van der Waals surface area contributed by atoms with Gasteiger partial charge in [-0.2, -0.15) is 0 Å². The van der Waals surface area contributed by atoms with E-state index in [1.54, 1.807) is 0 Å². The topological polar surface area (TPSA) is 49.6 Å². The Morgan fingerprint density at radius 1 is 1.10 bits per heavy atom. The van der Waals surface area contributed by atoms with Crippen molar-refractivity contribution in [2.45, 2.75) is 57.9 Å². The number of piperidine rings is 2. The molecule has 0 spiro atoms. The first-order valence-electron chi connectivity index (χ1n) is 8.88. The summed E-state index contributed by atoms with van der Waals surface area (Å²) in [5.74, 6) is 1.02. The number of rotatable bonds is 3. The minimum absolute atomic E-state index is 0.211. The van der Waals surface area contributed by atoms with Gasteiger partial charge >= 0.3 is 0 Å². The van der Waals surface area contributed by atoms with Crippen LogP contribution < -0.4 is 5.73 Å². The monoisotopic (exact) mass is 293 g/mol. The number of nitrogens with two attached hydrogens (primary N) is 1. The summed E-state index contributed by atoms with van der Waals surface area (Å²) in [6.07, 6.45) is 8.40. The molecule has 4 heteroatoms. The fraction of sp³-hybridized carbons (Fsp3) is 0.941. The molecule has 1 aliphatic carbocycles. The second-order valence-corrected chi connectivity index (χ2v) is 7.62. The Morgan fingerprint density at radius 3 is 2.24 bits per heavy atom. The minimum atomic E-state index is -0.211. The fourth-order valence-electron chi connectivity index (χ4n) is 4.76. The van der Waals surface area contributed by atoms with Crippen LogP contribution in [-0.2, 0) is 4.79 Å². The maximum Gasteiger partial charge on any atom is 0.230 e. The molecular formula is C17H31N3O. The maximum absolute atomic E-state index is 12.8. The van der Waals surface area contributed by atoms with E-state index in [0.29, 0.717) is 24.4 Å². The van der Waals surface area contributed by atoms with Crippen molar-refractivity contribution < 1.29 is 4.79 Å². The number of amides is 1. The van der Waals surface area contributed by atoms with Crippen molar-refractivity contribution in [1.29, 1.82) is 0 Å². The van der Waals surface area contributed by atoms with Gasteiger partial charge < -0.3 is 15.5 Å². The van der Waals surface area contributed by atoms with Crippen LogP contribution in [0.2, 0.25) is 0 Å². The lowest BCUT2D eigenvalue weighted by Crippen LogP contribution is -2.57. The Bertz CT molecular complexity index is 364. The summed E-state index contributed by atoms with van der Waals surface area (Å²) >= 11 is 0. The van der Waals surface area contributed by atoms with Crippen molar-refractivity contribution in [3.8, 4) is 0 Å². The van der Waals surface area contributed by atoms with Gasteiger partial charge in [-0.05, 0) is 57.5 Å². The molecule has 0 atom stereocenters. The summed E-state index contributed by atoms with van der Waals surface area (Å²) in [6, 6.07) is 0.712. The molecule has 2 N–H and O–H groups in total. The molecule has 120 valence electrons. The Labute approximate surface area is 129 Å². The lowest BCUT2D eigenvalue weighted by molar-refractivity contribution is -0.151. The van der Waals surface area contributed by atoms with Gasteiger partial charge in [-0.15, -0.1) is 0 Å². The van der Waals surface area contributed by atoms with E-state index in [1.807, 2.05) is 0 Å². The van der Waals surface area contributed by atoms with Crippen molar-refractivity contribution in [3.63, 3.8) is 0 Å². The lowest BCUT2D eigenvalue weighted by atomic mass is 9.61. The predicted octanol–water partition coefficient (Wildman–Crippen LogP) is 1.84. The van der Waals surface area contributed by atoms with Crippen LogP contribution in [0.1, 0.15) is 51.9 Å². The zero-order valence-electron chi connectivity index (χ0n) is 13.5. The van der Waals surface area contributed by atoms with Crippen LogP contribution in [0.3, 0.4) is 0 Å². The van der Waals surface area contributed by atoms with Gasteiger partial charge in [0.05, 0.1) is 5.41 Å². The fourth-order valence-corrected chi connectivity index (χ4v) is 4.76. The Kier molecular flexibility index (Phi) is 4.55. The van der Waals surface area contributed by atoms with Gasteiger partial charge in [-0.3, -0.25) is 4.79 Å². The smallest absolute Gasteiger partial charge is 0.230 e. The van der Waals surface area contributed by atoms with Gasteiger partial charge in [0.1, 0.15) is 0 Å². The van der Waals surface area contributed by atoms with Crippen LogP contribution in [0.15, 0.2) is 0 Å². The average Bonchev–Trinajstić information content (AvgIpc) is 2.52. The second-order valence-electron chi connectivity index (χ2n) is 7.62. The highest BCUT2D eigenvalue weighted by Crippen LogP contribution is 2.46. The summed E-state index contributed by atoms with van der Waals surface area (Å²) in [5, 5.41) is 0. The molecule has 2 saturated heterocycles. The predicted molar refractivity (Wildman–Crippen MR) is 84.9 cm³/mol. The molecule has 2 heterocycles. The molecule has 0 aromatic carbocycles.